The first-order valence-corrected chi connectivity index (χ1v) is 12.0. The Morgan fingerprint density at radius 1 is 0.914 bits per heavy atom. The lowest BCUT2D eigenvalue weighted by Crippen LogP contribution is -2.46. The third-order valence-corrected chi connectivity index (χ3v) is 7.05. The summed E-state index contributed by atoms with van der Waals surface area (Å²) in [5, 5.41) is 0. The van der Waals surface area contributed by atoms with Crippen LogP contribution in [0.15, 0.2) is 66.7 Å². The maximum atomic E-state index is 14.3. The number of rotatable bonds is 5. The second-order valence-electron chi connectivity index (χ2n) is 9.25. The van der Waals surface area contributed by atoms with Crippen LogP contribution >= 0.6 is 0 Å². The zero-order valence-electron chi connectivity index (χ0n) is 19.3. The van der Waals surface area contributed by atoms with Gasteiger partial charge in [-0.3, -0.25) is 9.59 Å². The minimum absolute atomic E-state index is 0.0344. The van der Waals surface area contributed by atoms with E-state index in [2.05, 4.69) is 0 Å². The highest BCUT2D eigenvalue weighted by molar-refractivity contribution is 6.04. The smallest absolute Gasteiger partial charge is 0.248 e. The molecule has 180 valence electrons. The number of fused-ring (bicyclic) bond motifs is 2. The highest BCUT2D eigenvalue weighted by atomic mass is 19.1. The zero-order valence-corrected chi connectivity index (χ0v) is 19.3. The third-order valence-electron chi connectivity index (χ3n) is 7.05. The topological polar surface area (TPSA) is 66.6 Å². The molecule has 1 saturated carbocycles. The zero-order chi connectivity index (χ0) is 24.5. The molecule has 3 aromatic carbocycles. The number of benzene rings is 3. The van der Waals surface area contributed by atoms with Crippen LogP contribution in [0.1, 0.15) is 41.6 Å². The molecule has 2 atom stereocenters. The number of amides is 2. The standard InChI is InChI=1S/C28H27F2N3O2/c29-20-15-21(30)17-22(16-20)33-24-9-5-4-8-23(24)28(35)32(13-12-18-6-2-1-3-7-18)26-14-19(27(31)34)10-11-25(26)33/h1-3,6-7,10-11,14-17,23-24H,4-5,8-9,12-13H2,(H2,31,34)/t23-,24-/m1/s1. The van der Waals surface area contributed by atoms with Crippen LogP contribution in [-0.4, -0.2) is 24.4 Å². The van der Waals surface area contributed by atoms with Crippen molar-refractivity contribution in [3.8, 4) is 0 Å². The van der Waals surface area contributed by atoms with Crippen LogP contribution in [-0.2, 0) is 11.2 Å². The van der Waals surface area contributed by atoms with Gasteiger partial charge in [0, 0.05) is 29.9 Å². The highest BCUT2D eigenvalue weighted by Gasteiger charge is 2.42. The van der Waals surface area contributed by atoms with Crippen LogP contribution in [0.4, 0.5) is 25.8 Å². The van der Waals surface area contributed by atoms with E-state index in [1.54, 1.807) is 23.1 Å². The van der Waals surface area contributed by atoms with Crippen molar-refractivity contribution in [2.24, 2.45) is 11.7 Å². The molecule has 0 aromatic heterocycles. The fourth-order valence-corrected chi connectivity index (χ4v) is 5.43. The number of hydrogen-bond acceptors (Lipinski definition) is 3. The Balaban J connectivity index is 1.67. The largest absolute Gasteiger partial charge is 0.366 e. The number of nitrogens with two attached hydrogens (primary N) is 1. The normalized spacial score (nSPS) is 19.7. The molecule has 1 fully saturated rings. The predicted octanol–water partition coefficient (Wildman–Crippen LogP) is 5.35. The molecule has 2 amide bonds. The van der Waals surface area contributed by atoms with Crippen molar-refractivity contribution in [1.29, 1.82) is 0 Å². The lowest BCUT2D eigenvalue weighted by molar-refractivity contribution is -0.123. The Labute approximate surface area is 203 Å². The van der Waals surface area contributed by atoms with Gasteiger partial charge < -0.3 is 15.5 Å². The predicted molar refractivity (Wildman–Crippen MR) is 132 cm³/mol. The molecule has 1 aliphatic heterocycles. The third kappa shape index (κ3) is 4.50. The van der Waals surface area contributed by atoms with Crippen LogP contribution in [0.3, 0.4) is 0 Å². The quantitative estimate of drug-likeness (QED) is 0.541. The lowest BCUT2D eigenvalue weighted by atomic mass is 9.82. The maximum Gasteiger partial charge on any atom is 0.248 e. The van der Waals surface area contributed by atoms with Crippen LogP contribution in [0, 0.1) is 17.6 Å². The van der Waals surface area contributed by atoms with E-state index in [0.29, 0.717) is 36.4 Å². The lowest BCUT2D eigenvalue weighted by Gasteiger charge is -2.38. The molecule has 5 rings (SSSR count). The monoisotopic (exact) mass is 475 g/mol. The SMILES string of the molecule is NC(=O)c1ccc2c(c1)N(CCc1ccccc1)C(=O)[C@@H]1CCCC[C@H]1N2c1cc(F)cc(F)c1. The summed E-state index contributed by atoms with van der Waals surface area (Å²) in [4.78, 5) is 29.6. The van der Waals surface area contributed by atoms with Crippen LogP contribution in [0.5, 0.6) is 0 Å². The van der Waals surface area contributed by atoms with Gasteiger partial charge in [-0.2, -0.15) is 0 Å². The van der Waals surface area contributed by atoms with Gasteiger partial charge in [-0.1, -0.05) is 43.2 Å². The molecule has 0 unspecified atom stereocenters. The first-order valence-electron chi connectivity index (χ1n) is 12.0. The number of primary amides is 1. The molecule has 2 N–H and O–H groups in total. The van der Waals surface area contributed by atoms with Crippen molar-refractivity contribution in [2.45, 2.75) is 38.1 Å². The summed E-state index contributed by atoms with van der Waals surface area (Å²) >= 11 is 0. The van der Waals surface area contributed by atoms with E-state index in [1.165, 1.54) is 12.1 Å². The Kier molecular flexibility index (Phi) is 6.24. The maximum absolute atomic E-state index is 14.3. The van der Waals surface area contributed by atoms with E-state index in [4.69, 9.17) is 5.73 Å². The van der Waals surface area contributed by atoms with E-state index >= 15 is 0 Å². The second-order valence-corrected chi connectivity index (χ2v) is 9.25. The fourth-order valence-electron chi connectivity index (χ4n) is 5.43. The summed E-state index contributed by atoms with van der Waals surface area (Å²) in [5.74, 6) is -2.34. The number of nitrogens with zero attached hydrogens (tertiary/aromatic N) is 2. The number of carbonyl (C=O) groups excluding carboxylic acids is 2. The van der Waals surface area contributed by atoms with Gasteiger partial charge in [0.1, 0.15) is 11.6 Å². The number of carbonyl (C=O) groups is 2. The summed E-state index contributed by atoms with van der Waals surface area (Å²) in [6.45, 7) is 0.409. The van der Waals surface area contributed by atoms with Gasteiger partial charge in [0.05, 0.1) is 17.3 Å². The molecule has 7 heteroatoms. The number of hydrogen-bond donors (Lipinski definition) is 1. The Morgan fingerprint density at radius 2 is 1.63 bits per heavy atom. The highest BCUT2D eigenvalue weighted by Crippen LogP contribution is 2.46. The second kappa shape index (κ2) is 9.49. The number of halogens is 2. The summed E-state index contributed by atoms with van der Waals surface area (Å²) in [5.41, 5.74) is 8.45. The Hall–Kier alpha value is -3.74. The molecule has 0 saturated heterocycles. The van der Waals surface area contributed by atoms with Gasteiger partial charge in [0.15, 0.2) is 0 Å². The molecule has 1 heterocycles. The fraction of sp³-hybridized carbons (Fsp3) is 0.286. The molecule has 35 heavy (non-hydrogen) atoms. The van der Waals surface area contributed by atoms with Crippen molar-refractivity contribution >= 4 is 28.9 Å². The van der Waals surface area contributed by atoms with Crippen molar-refractivity contribution in [2.75, 3.05) is 16.3 Å². The van der Waals surface area contributed by atoms with Gasteiger partial charge in [0.2, 0.25) is 11.8 Å². The van der Waals surface area contributed by atoms with Crippen molar-refractivity contribution in [3.63, 3.8) is 0 Å². The van der Waals surface area contributed by atoms with Gasteiger partial charge >= 0.3 is 0 Å². The van der Waals surface area contributed by atoms with Crippen LogP contribution in [0.25, 0.3) is 0 Å². The van der Waals surface area contributed by atoms with Gasteiger partial charge in [-0.25, -0.2) is 8.78 Å². The van der Waals surface area contributed by atoms with Crippen LogP contribution < -0.4 is 15.5 Å². The molecule has 1 aliphatic carbocycles. The molecule has 0 radical (unpaired) electrons. The average Bonchev–Trinajstić information content (AvgIpc) is 2.94. The molecule has 5 nitrogen and oxygen atoms in total. The minimum atomic E-state index is -0.681. The van der Waals surface area contributed by atoms with Crippen LogP contribution in [0.2, 0.25) is 0 Å². The van der Waals surface area contributed by atoms with E-state index in [1.807, 2.05) is 35.2 Å². The number of anilines is 3. The molecule has 0 spiro atoms. The van der Waals surface area contributed by atoms with Gasteiger partial charge in [-0.15, -0.1) is 0 Å². The summed E-state index contributed by atoms with van der Waals surface area (Å²) in [6.07, 6.45) is 3.86. The molecule has 2 aliphatic rings. The van der Waals surface area contributed by atoms with Gasteiger partial charge in [-0.05, 0) is 55.2 Å². The Bertz CT molecular complexity index is 1240. The summed E-state index contributed by atoms with van der Waals surface area (Å²) in [7, 11) is 0. The molecular formula is C28H27F2N3O2. The summed E-state index contributed by atoms with van der Waals surface area (Å²) in [6, 6.07) is 18.0. The minimum Gasteiger partial charge on any atom is -0.366 e. The first kappa shape index (κ1) is 23.0. The van der Waals surface area contributed by atoms with Crippen molar-refractivity contribution in [3.05, 3.63) is 89.5 Å². The van der Waals surface area contributed by atoms with E-state index in [9.17, 15) is 18.4 Å². The molecular weight excluding hydrogens is 448 g/mol. The Morgan fingerprint density at radius 3 is 2.34 bits per heavy atom. The average molecular weight is 476 g/mol. The van der Waals surface area contributed by atoms with Gasteiger partial charge in [0.25, 0.3) is 0 Å². The van der Waals surface area contributed by atoms with Crippen molar-refractivity contribution in [1.82, 2.24) is 0 Å². The molecule has 0 bridgehead atoms. The summed E-state index contributed by atoms with van der Waals surface area (Å²) < 4.78 is 28.6. The van der Waals surface area contributed by atoms with E-state index in [0.717, 1.165) is 30.9 Å². The van der Waals surface area contributed by atoms with E-state index in [-0.39, 0.29) is 23.4 Å². The molecule has 3 aromatic rings. The van der Waals surface area contributed by atoms with E-state index < -0.39 is 17.5 Å². The first-order chi connectivity index (χ1) is 16.9. The van der Waals surface area contributed by atoms with Crippen molar-refractivity contribution < 1.29 is 18.4 Å².